The summed E-state index contributed by atoms with van der Waals surface area (Å²) in [6.07, 6.45) is 0.194. The van der Waals surface area contributed by atoms with Gasteiger partial charge in [-0.15, -0.1) is 0 Å². The van der Waals surface area contributed by atoms with Gasteiger partial charge in [-0.25, -0.2) is 9.78 Å². The van der Waals surface area contributed by atoms with E-state index >= 15 is 0 Å². The summed E-state index contributed by atoms with van der Waals surface area (Å²) in [6, 6.07) is 5.34. The number of hydrogen-bond donors (Lipinski definition) is 1. The number of carbonyl (C=O) groups is 2. The number of nitro benzene ring substituents is 1. The third kappa shape index (κ3) is 4.12. The average Bonchev–Trinajstić information content (AvgIpc) is 2.68. The molecule has 10 nitrogen and oxygen atoms in total. The van der Waals surface area contributed by atoms with E-state index in [-0.39, 0.29) is 41.1 Å². The van der Waals surface area contributed by atoms with Crippen molar-refractivity contribution in [3.05, 3.63) is 51.3 Å². The molecular formula is C17H14ClN3O7. The maximum atomic E-state index is 12.4. The fourth-order valence-electron chi connectivity index (χ4n) is 2.38. The molecule has 2 heterocycles. The summed E-state index contributed by atoms with van der Waals surface area (Å²) in [4.78, 5) is 39.1. The molecule has 1 aliphatic rings. The van der Waals surface area contributed by atoms with Gasteiger partial charge >= 0.3 is 5.97 Å². The summed E-state index contributed by atoms with van der Waals surface area (Å²) < 4.78 is 15.7. The van der Waals surface area contributed by atoms with Crippen molar-refractivity contribution in [2.45, 2.75) is 13.0 Å². The van der Waals surface area contributed by atoms with E-state index in [0.29, 0.717) is 0 Å². The predicted molar refractivity (Wildman–Crippen MR) is 96.8 cm³/mol. The summed E-state index contributed by atoms with van der Waals surface area (Å²) in [5.41, 5.74) is -0.632. The standard InChI is InChI=1S/C17H14ClN3O7/c1-9(16(22)20-11-3-2-4-19-15(11)18)28-17(23)10-7-13-14(27-6-5-26-13)8-12(10)21(24)25/h2-4,7-9H,5-6H2,1H3,(H,20,22)/t9-/m1/s1. The number of nitrogens with one attached hydrogen (secondary N) is 1. The summed E-state index contributed by atoms with van der Waals surface area (Å²) in [5, 5.41) is 13.8. The van der Waals surface area contributed by atoms with Crippen LogP contribution in [-0.4, -0.2) is 41.1 Å². The molecule has 0 saturated heterocycles. The quantitative estimate of drug-likeness (QED) is 0.346. The van der Waals surface area contributed by atoms with Crippen LogP contribution < -0.4 is 14.8 Å². The Labute approximate surface area is 163 Å². The highest BCUT2D eigenvalue weighted by Gasteiger charge is 2.29. The highest BCUT2D eigenvalue weighted by Crippen LogP contribution is 2.37. The molecule has 2 aromatic rings. The Hall–Kier alpha value is -3.40. The molecule has 1 aromatic carbocycles. The smallest absolute Gasteiger partial charge is 0.346 e. The van der Waals surface area contributed by atoms with Crippen LogP contribution in [0.15, 0.2) is 30.5 Å². The summed E-state index contributed by atoms with van der Waals surface area (Å²) in [7, 11) is 0. The number of fused-ring (bicyclic) bond motifs is 1. The Balaban J connectivity index is 1.77. The number of amides is 1. The third-order valence-corrected chi connectivity index (χ3v) is 4.05. The van der Waals surface area contributed by atoms with Crippen LogP contribution in [0.25, 0.3) is 0 Å². The monoisotopic (exact) mass is 407 g/mol. The number of anilines is 1. The highest BCUT2D eigenvalue weighted by atomic mass is 35.5. The summed E-state index contributed by atoms with van der Waals surface area (Å²) in [5.74, 6) is -1.39. The minimum atomic E-state index is -1.25. The van der Waals surface area contributed by atoms with Crippen molar-refractivity contribution in [3.8, 4) is 11.5 Å². The molecule has 11 heteroatoms. The van der Waals surface area contributed by atoms with E-state index in [1.807, 2.05) is 0 Å². The molecule has 28 heavy (non-hydrogen) atoms. The second kappa shape index (κ2) is 8.09. The van der Waals surface area contributed by atoms with Crippen LogP contribution in [0.3, 0.4) is 0 Å². The molecule has 0 fully saturated rings. The van der Waals surface area contributed by atoms with Crippen molar-refractivity contribution in [1.29, 1.82) is 0 Å². The van der Waals surface area contributed by atoms with Crippen LogP contribution in [0.5, 0.6) is 11.5 Å². The molecular weight excluding hydrogens is 394 g/mol. The fraction of sp³-hybridized carbons (Fsp3) is 0.235. The normalized spacial score (nSPS) is 13.4. The minimum absolute atomic E-state index is 0.0665. The van der Waals surface area contributed by atoms with Gasteiger partial charge in [-0.3, -0.25) is 14.9 Å². The number of carbonyl (C=O) groups excluding carboxylic acids is 2. The Morgan fingerprint density at radius 1 is 1.32 bits per heavy atom. The van der Waals surface area contributed by atoms with E-state index in [2.05, 4.69) is 10.3 Å². The van der Waals surface area contributed by atoms with Crippen molar-refractivity contribution in [2.75, 3.05) is 18.5 Å². The zero-order valence-electron chi connectivity index (χ0n) is 14.5. The lowest BCUT2D eigenvalue weighted by atomic mass is 10.1. The first-order valence-corrected chi connectivity index (χ1v) is 8.45. The molecule has 1 atom stereocenters. The summed E-state index contributed by atoms with van der Waals surface area (Å²) >= 11 is 5.86. The molecule has 1 aliphatic heterocycles. The topological polar surface area (TPSA) is 130 Å². The Morgan fingerprint density at radius 3 is 2.64 bits per heavy atom. The maximum absolute atomic E-state index is 12.4. The van der Waals surface area contributed by atoms with E-state index in [1.54, 1.807) is 6.07 Å². The molecule has 1 aromatic heterocycles. The Bertz CT molecular complexity index is 950. The average molecular weight is 408 g/mol. The van der Waals surface area contributed by atoms with Crippen molar-refractivity contribution in [2.24, 2.45) is 0 Å². The van der Waals surface area contributed by atoms with Gasteiger partial charge in [-0.2, -0.15) is 0 Å². The Morgan fingerprint density at radius 2 is 2.00 bits per heavy atom. The second-order valence-electron chi connectivity index (χ2n) is 5.65. The van der Waals surface area contributed by atoms with Crippen molar-refractivity contribution in [1.82, 2.24) is 4.98 Å². The first-order chi connectivity index (χ1) is 13.4. The maximum Gasteiger partial charge on any atom is 0.346 e. The van der Waals surface area contributed by atoms with E-state index in [4.69, 9.17) is 25.8 Å². The molecule has 0 bridgehead atoms. The number of halogens is 1. The first-order valence-electron chi connectivity index (χ1n) is 8.07. The van der Waals surface area contributed by atoms with Crippen LogP contribution >= 0.6 is 11.6 Å². The second-order valence-corrected chi connectivity index (χ2v) is 6.01. The van der Waals surface area contributed by atoms with Gasteiger partial charge in [0.25, 0.3) is 11.6 Å². The van der Waals surface area contributed by atoms with Crippen molar-refractivity contribution >= 4 is 34.9 Å². The molecule has 0 aliphatic carbocycles. The predicted octanol–water partition coefficient (Wildman–Crippen LogP) is 2.60. The number of esters is 1. The van der Waals surface area contributed by atoms with Gasteiger partial charge in [0, 0.05) is 12.3 Å². The van der Waals surface area contributed by atoms with E-state index in [0.717, 1.165) is 12.1 Å². The molecule has 0 unspecified atom stereocenters. The van der Waals surface area contributed by atoms with Gasteiger partial charge in [0.2, 0.25) is 0 Å². The number of ether oxygens (including phenoxy) is 3. The molecule has 1 amide bonds. The van der Waals surface area contributed by atoms with E-state index in [1.165, 1.54) is 19.2 Å². The van der Waals surface area contributed by atoms with Gasteiger partial charge in [-0.05, 0) is 19.1 Å². The lowest BCUT2D eigenvalue weighted by Gasteiger charge is -2.19. The number of nitro groups is 1. The van der Waals surface area contributed by atoms with Gasteiger partial charge in [-0.1, -0.05) is 11.6 Å². The summed E-state index contributed by atoms with van der Waals surface area (Å²) in [6.45, 7) is 1.80. The number of pyridine rings is 1. The van der Waals surface area contributed by atoms with Gasteiger partial charge in [0.15, 0.2) is 22.8 Å². The number of hydrogen-bond acceptors (Lipinski definition) is 8. The number of nitrogens with zero attached hydrogens (tertiary/aromatic N) is 2. The van der Waals surface area contributed by atoms with Crippen LogP contribution in [-0.2, 0) is 9.53 Å². The lowest BCUT2D eigenvalue weighted by Crippen LogP contribution is -2.30. The van der Waals surface area contributed by atoms with E-state index in [9.17, 15) is 19.7 Å². The lowest BCUT2D eigenvalue weighted by molar-refractivity contribution is -0.385. The molecule has 1 N–H and O–H groups in total. The number of benzene rings is 1. The molecule has 0 radical (unpaired) electrons. The SMILES string of the molecule is C[C@@H](OC(=O)c1cc2c(cc1[N+](=O)[O-])OCCO2)C(=O)Nc1cccnc1Cl. The zero-order chi connectivity index (χ0) is 20.3. The largest absolute Gasteiger partial charge is 0.486 e. The number of rotatable bonds is 5. The highest BCUT2D eigenvalue weighted by molar-refractivity contribution is 6.32. The molecule has 146 valence electrons. The first kappa shape index (κ1) is 19.4. The van der Waals surface area contributed by atoms with Crippen LogP contribution in [0.1, 0.15) is 17.3 Å². The molecule has 0 spiro atoms. The molecule has 3 rings (SSSR count). The van der Waals surface area contributed by atoms with Gasteiger partial charge < -0.3 is 19.5 Å². The Kier molecular flexibility index (Phi) is 5.59. The molecule has 0 saturated carbocycles. The van der Waals surface area contributed by atoms with Crippen LogP contribution in [0.4, 0.5) is 11.4 Å². The van der Waals surface area contributed by atoms with Crippen molar-refractivity contribution < 1.29 is 28.7 Å². The third-order valence-electron chi connectivity index (χ3n) is 3.75. The van der Waals surface area contributed by atoms with Crippen molar-refractivity contribution in [3.63, 3.8) is 0 Å². The van der Waals surface area contributed by atoms with Crippen LogP contribution in [0.2, 0.25) is 5.15 Å². The van der Waals surface area contributed by atoms with Gasteiger partial charge in [0.1, 0.15) is 18.8 Å². The zero-order valence-corrected chi connectivity index (χ0v) is 15.3. The van der Waals surface area contributed by atoms with Gasteiger partial charge in [0.05, 0.1) is 16.7 Å². The number of aromatic nitrogens is 1. The fourth-order valence-corrected chi connectivity index (χ4v) is 2.55. The van der Waals surface area contributed by atoms with E-state index < -0.39 is 28.6 Å². The van der Waals surface area contributed by atoms with Crippen LogP contribution in [0, 0.1) is 10.1 Å². The minimum Gasteiger partial charge on any atom is -0.486 e.